The van der Waals surface area contributed by atoms with Crippen LogP contribution in [0.15, 0.2) is 290 Å². The van der Waals surface area contributed by atoms with Crippen molar-refractivity contribution in [3.05, 3.63) is 307 Å². The molecule has 2 heteroatoms. The first kappa shape index (κ1) is 42.4. The summed E-state index contributed by atoms with van der Waals surface area (Å²) in [6, 6.07) is 104. The third kappa shape index (κ3) is 6.94. The molecule has 0 atom stereocenters. The lowest BCUT2D eigenvalue weighted by molar-refractivity contribution is 0.669. The maximum atomic E-state index is 6.19. The fourth-order valence-electron chi connectivity index (χ4n) is 11.9. The van der Waals surface area contributed by atoms with Crippen molar-refractivity contribution in [3.8, 4) is 55.6 Å². The molecule has 0 aliphatic heterocycles. The highest BCUT2D eigenvalue weighted by Gasteiger charge is 2.46. The van der Waals surface area contributed by atoms with Crippen LogP contribution in [0.25, 0.3) is 88.3 Å². The SMILES string of the molecule is c1ccc(-c2ccc(-c3ccc(N(c4ccc(-c5ccc6oc7ccccc7c6c5)cc4)c4ccc(-c5cccc6c5-c5ccccc5C6(c5ccccc5)c5ccccc5)cc4)cc3)c3ccccc23)cc1. The summed E-state index contributed by atoms with van der Waals surface area (Å²) >= 11 is 0. The summed E-state index contributed by atoms with van der Waals surface area (Å²) in [6.07, 6.45) is 0. The molecule has 1 aliphatic rings. The third-order valence-electron chi connectivity index (χ3n) is 15.2. The van der Waals surface area contributed by atoms with E-state index in [1.165, 1.54) is 77.5 Å². The number of hydrogen-bond acceptors (Lipinski definition) is 2. The molecule has 0 spiro atoms. The smallest absolute Gasteiger partial charge is 0.135 e. The molecular formula is C71H47NO. The first-order chi connectivity index (χ1) is 36.2. The van der Waals surface area contributed by atoms with Crippen LogP contribution in [0.2, 0.25) is 0 Å². The molecule has 0 N–H and O–H groups in total. The lowest BCUT2D eigenvalue weighted by atomic mass is 9.67. The van der Waals surface area contributed by atoms with Gasteiger partial charge in [-0.1, -0.05) is 231 Å². The molecule has 1 aliphatic carbocycles. The van der Waals surface area contributed by atoms with E-state index in [-0.39, 0.29) is 0 Å². The van der Waals surface area contributed by atoms with Crippen LogP contribution in [0.5, 0.6) is 0 Å². The molecule has 2 nitrogen and oxygen atoms in total. The number of furan rings is 1. The van der Waals surface area contributed by atoms with Gasteiger partial charge in [0.15, 0.2) is 0 Å². The molecule has 12 aromatic carbocycles. The molecule has 342 valence electrons. The topological polar surface area (TPSA) is 16.4 Å². The van der Waals surface area contributed by atoms with Gasteiger partial charge in [0.05, 0.1) is 5.41 Å². The normalized spacial score (nSPS) is 12.5. The van der Waals surface area contributed by atoms with Crippen LogP contribution >= 0.6 is 0 Å². The molecule has 0 amide bonds. The van der Waals surface area contributed by atoms with Crippen LogP contribution in [0.3, 0.4) is 0 Å². The summed E-state index contributed by atoms with van der Waals surface area (Å²) in [6.45, 7) is 0. The third-order valence-corrected chi connectivity index (χ3v) is 15.2. The molecule has 0 saturated carbocycles. The van der Waals surface area contributed by atoms with Gasteiger partial charge in [0.1, 0.15) is 11.2 Å². The Hall–Kier alpha value is -9.50. The van der Waals surface area contributed by atoms with Gasteiger partial charge in [-0.15, -0.1) is 0 Å². The van der Waals surface area contributed by atoms with Crippen molar-refractivity contribution in [1.29, 1.82) is 0 Å². The lowest BCUT2D eigenvalue weighted by Crippen LogP contribution is -2.28. The van der Waals surface area contributed by atoms with E-state index in [1.807, 2.05) is 12.1 Å². The van der Waals surface area contributed by atoms with Gasteiger partial charge >= 0.3 is 0 Å². The first-order valence-electron chi connectivity index (χ1n) is 25.2. The zero-order chi connectivity index (χ0) is 48.3. The second kappa shape index (κ2) is 17.4. The van der Waals surface area contributed by atoms with E-state index < -0.39 is 5.41 Å². The molecule has 1 aromatic heterocycles. The summed E-state index contributed by atoms with van der Waals surface area (Å²) in [5.41, 5.74) is 21.8. The summed E-state index contributed by atoms with van der Waals surface area (Å²) in [5, 5.41) is 4.74. The van der Waals surface area contributed by atoms with Crippen LogP contribution in [0.1, 0.15) is 22.3 Å². The van der Waals surface area contributed by atoms with Crippen LogP contribution in [0.4, 0.5) is 17.1 Å². The minimum absolute atomic E-state index is 0.464. The summed E-state index contributed by atoms with van der Waals surface area (Å²) in [4.78, 5) is 2.38. The zero-order valence-electron chi connectivity index (χ0n) is 40.0. The van der Waals surface area contributed by atoms with Crippen molar-refractivity contribution >= 4 is 49.8 Å². The maximum absolute atomic E-state index is 6.19. The molecule has 1 heterocycles. The van der Waals surface area contributed by atoms with Gasteiger partial charge in [0.2, 0.25) is 0 Å². The molecule has 14 rings (SSSR count). The van der Waals surface area contributed by atoms with Crippen LogP contribution in [-0.2, 0) is 5.41 Å². The van der Waals surface area contributed by atoms with Gasteiger partial charge in [-0.2, -0.15) is 0 Å². The highest BCUT2D eigenvalue weighted by molar-refractivity contribution is 6.07. The summed E-state index contributed by atoms with van der Waals surface area (Å²) in [7, 11) is 0. The Kier molecular flexibility index (Phi) is 10.1. The number of hydrogen-bond donors (Lipinski definition) is 0. The Morgan fingerprint density at radius 1 is 0.260 bits per heavy atom. The monoisotopic (exact) mass is 929 g/mol. The predicted molar refractivity (Wildman–Crippen MR) is 305 cm³/mol. The van der Waals surface area contributed by atoms with Crippen molar-refractivity contribution in [2.45, 2.75) is 5.41 Å². The Labute approximate surface area is 425 Å². The Morgan fingerprint density at radius 3 is 1.32 bits per heavy atom. The number of anilines is 3. The van der Waals surface area contributed by atoms with Gasteiger partial charge in [-0.05, 0) is 143 Å². The van der Waals surface area contributed by atoms with Crippen molar-refractivity contribution < 1.29 is 4.42 Å². The van der Waals surface area contributed by atoms with Gasteiger partial charge in [-0.3, -0.25) is 0 Å². The Bertz CT molecular complexity index is 4120. The molecule has 13 aromatic rings. The van der Waals surface area contributed by atoms with E-state index in [0.29, 0.717) is 0 Å². The number of fused-ring (bicyclic) bond motifs is 7. The highest BCUT2D eigenvalue weighted by Crippen LogP contribution is 2.58. The molecule has 0 bridgehead atoms. The fourth-order valence-corrected chi connectivity index (χ4v) is 11.9. The summed E-state index contributed by atoms with van der Waals surface area (Å²) in [5.74, 6) is 0. The average molecular weight is 930 g/mol. The van der Waals surface area contributed by atoms with Gasteiger partial charge in [0, 0.05) is 27.8 Å². The minimum Gasteiger partial charge on any atom is -0.456 e. The second-order valence-electron chi connectivity index (χ2n) is 19.1. The summed E-state index contributed by atoms with van der Waals surface area (Å²) < 4.78 is 6.19. The standard InChI is InChI=1S/C71H47NO/c1-4-17-49(18-5-1)58-44-45-59(62-24-11-10-23-61(58)62)50-33-40-56(41-34-50)72(55-38-31-48(32-39-55)52-37-46-69-65(47-52)63-25-13-15-30-68(63)73-69)57-42-35-51(36-43-57)60-27-16-29-67-70(60)64-26-12-14-28-66(64)71(67,53-19-6-2-7-20-53)54-21-8-3-9-22-54/h1-47H. The lowest BCUT2D eigenvalue weighted by Gasteiger charge is -2.34. The highest BCUT2D eigenvalue weighted by atomic mass is 16.3. The minimum atomic E-state index is -0.464. The van der Waals surface area contributed by atoms with Gasteiger partial charge in [0.25, 0.3) is 0 Å². The van der Waals surface area contributed by atoms with E-state index in [4.69, 9.17) is 4.42 Å². The van der Waals surface area contributed by atoms with Crippen LogP contribution < -0.4 is 4.90 Å². The van der Waals surface area contributed by atoms with Crippen molar-refractivity contribution in [2.75, 3.05) is 4.90 Å². The second-order valence-corrected chi connectivity index (χ2v) is 19.1. The van der Waals surface area contributed by atoms with E-state index >= 15 is 0 Å². The molecule has 73 heavy (non-hydrogen) atoms. The largest absolute Gasteiger partial charge is 0.456 e. The van der Waals surface area contributed by atoms with E-state index in [0.717, 1.165) is 50.1 Å². The quantitative estimate of drug-likeness (QED) is 0.143. The molecule has 0 saturated heterocycles. The fraction of sp³-hybridized carbons (Fsp3) is 0.0141. The van der Waals surface area contributed by atoms with Crippen LogP contribution in [0, 0.1) is 0 Å². The van der Waals surface area contributed by atoms with Gasteiger partial charge < -0.3 is 9.32 Å². The number of benzene rings is 12. The Morgan fingerprint density at radius 2 is 0.699 bits per heavy atom. The van der Waals surface area contributed by atoms with Crippen molar-refractivity contribution in [1.82, 2.24) is 0 Å². The van der Waals surface area contributed by atoms with E-state index in [1.54, 1.807) is 0 Å². The Balaban J connectivity index is 0.877. The molecule has 0 unspecified atom stereocenters. The first-order valence-corrected chi connectivity index (χ1v) is 25.2. The number of nitrogens with zero attached hydrogens (tertiary/aromatic N) is 1. The van der Waals surface area contributed by atoms with Crippen molar-refractivity contribution in [2.24, 2.45) is 0 Å². The molecule has 0 fully saturated rings. The van der Waals surface area contributed by atoms with E-state index in [2.05, 4.69) is 278 Å². The average Bonchev–Trinajstić information content (AvgIpc) is 4.05. The van der Waals surface area contributed by atoms with Gasteiger partial charge in [-0.25, -0.2) is 0 Å². The maximum Gasteiger partial charge on any atom is 0.135 e. The van der Waals surface area contributed by atoms with Crippen LogP contribution in [-0.4, -0.2) is 0 Å². The van der Waals surface area contributed by atoms with E-state index in [9.17, 15) is 0 Å². The zero-order valence-corrected chi connectivity index (χ0v) is 40.0. The molecule has 0 radical (unpaired) electrons. The predicted octanol–water partition coefficient (Wildman–Crippen LogP) is 19.2. The number of para-hydroxylation sites is 1. The number of rotatable bonds is 9. The molecular weight excluding hydrogens is 883 g/mol. The van der Waals surface area contributed by atoms with Crippen molar-refractivity contribution in [3.63, 3.8) is 0 Å².